The molecule has 1 heterocycles. The van der Waals surface area contributed by atoms with E-state index in [-0.39, 0.29) is 23.2 Å². The topological polar surface area (TPSA) is 35.5 Å². The summed E-state index contributed by atoms with van der Waals surface area (Å²) < 4.78 is 14.7. The molecule has 0 amide bonds. The van der Waals surface area contributed by atoms with Crippen molar-refractivity contribution in [2.75, 3.05) is 0 Å². The van der Waals surface area contributed by atoms with E-state index in [4.69, 9.17) is 9.16 Å². The van der Waals surface area contributed by atoms with Crippen molar-refractivity contribution in [3.63, 3.8) is 0 Å². The molecule has 0 aromatic heterocycles. The van der Waals surface area contributed by atoms with E-state index in [1.54, 1.807) is 0 Å². The van der Waals surface area contributed by atoms with Crippen LogP contribution in [-0.4, -0.2) is 26.5 Å². The van der Waals surface area contributed by atoms with Crippen molar-refractivity contribution in [2.24, 2.45) is 0 Å². The largest absolute Gasteiger partial charge is 0.455 e. The molecule has 0 N–H and O–H groups in total. The molecule has 0 fully saturated rings. The molecule has 2 aromatic carbocycles. The smallest absolute Gasteiger partial charge is 0.334 e. The summed E-state index contributed by atoms with van der Waals surface area (Å²) in [7, 11) is -2.69. The van der Waals surface area contributed by atoms with Gasteiger partial charge in [-0.05, 0) is 45.3 Å². The highest BCUT2D eigenvalue weighted by Gasteiger charge is 2.51. The van der Waals surface area contributed by atoms with Crippen LogP contribution < -0.4 is 10.4 Å². The maximum Gasteiger partial charge on any atom is 0.334 e. The molecule has 2 aromatic rings. The lowest BCUT2D eigenvalue weighted by molar-refractivity contribution is -0.139. The van der Waals surface area contributed by atoms with E-state index in [0.29, 0.717) is 6.42 Å². The second-order valence-electron chi connectivity index (χ2n) is 9.35. The van der Waals surface area contributed by atoms with E-state index >= 15 is 0 Å². The van der Waals surface area contributed by atoms with Gasteiger partial charge in [0.25, 0.3) is 8.32 Å². The van der Waals surface area contributed by atoms with Crippen LogP contribution in [0.2, 0.25) is 5.04 Å². The summed E-state index contributed by atoms with van der Waals surface area (Å²) in [6.07, 6.45) is 6.18. The van der Waals surface area contributed by atoms with Crippen LogP contribution in [0.1, 0.15) is 47.0 Å². The second-order valence-corrected chi connectivity index (χ2v) is 14.3. The van der Waals surface area contributed by atoms with Gasteiger partial charge in [0.1, 0.15) is 6.10 Å². The van der Waals surface area contributed by atoms with Crippen molar-refractivity contribution in [2.45, 2.75) is 64.2 Å². The van der Waals surface area contributed by atoms with Crippen molar-refractivity contribution in [3.8, 4) is 0 Å². The van der Waals surface area contributed by atoms with Gasteiger partial charge in [-0.25, -0.2) is 4.79 Å². The van der Waals surface area contributed by atoms with Crippen LogP contribution in [0, 0.1) is 0 Å². The van der Waals surface area contributed by atoms with E-state index in [1.807, 2.05) is 17.1 Å². The van der Waals surface area contributed by atoms with Crippen molar-refractivity contribution in [1.82, 2.24) is 0 Å². The van der Waals surface area contributed by atoms with Gasteiger partial charge in [-0.15, -0.1) is 0 Å². The van der Waals surface area contributed by atoms with Crippen LogP contribution in [0.15, 0.2) is 82.5 Å². The molecule has 0 saturated heterocycles. The fraction of sp³-hybridized carbons (Fsp3) is 0.370. The van der Waals surface area contributed by atoms with Gasteiger partial charge >= 0.3 is 5.97 Å². The van der Waals surface area contributed by atoms with Crippen LogP contribution >= 0.6 is 22.6 Å². The zero-order valence-corrected chi connectivity index (χ0v) is 22.5. The van der Waals surface area contributed by atoms with Gasteiger partial charge in [-0.1, -0.05) is 110 Å². The average molecular weight is 561 g/mol. The van der Waals surface area contributed by atoms with Crippen LogP contribution in [0.3, 0.4) is 0 Å². The SMILES string of the molecule is C[C@H]1C=C(C[C@@H](CC/C=C/I)O[Si](c2ccccc2)(c2ccccc2)C(C)(C)C)C(=O)O1. The number of hydrogen-bond donors (Lipinski definition) is 0. The number of hydrogen-bond acceptors (Lipinski definition) is 3. The lowest BCUT2D eigenvalue weighted by Gasteiger charge is -2.45. The van der Waals surface area contributed by atoms with E-state index < -0.39 is 8.32 Å². The summed E-state index contributed by atoms with van der Waals surface area (Å²) in [5.74, 6) is -0.210. The molecule has 0 saturated carbocycles. The van der Waals surface area contributed by atoms with Crippen LogP contribution in [0.25, 0.3) is 0 Å². The Labute approximate surface area is 207 Å². The molecule has 0 unspecified atom stereocenters. The van der Waals surface area contributed by atoms with E-state index in [2.05, 4.69) is 110 Å². The maximum absolute atomic E-state index is 12.4. The fourth-order valence-corrected chi connectivity index (χ4v) is 9.59. The molecular weight excluding hydrogens is 527 g/mol. The van der Waals surface area contributed by atoms with E-state index in [0.717, 1.165) is 18.4 Å². The minimum Gasteiger partial charge on any atom is -0.455 e. The molecular formula is C27H33IO3Si. The van der Waals surface area contributed by atoms with Gasteiger partial charge in [-0.3, -0.25) is 0 Å². The zero-order valence-electron chi connectivity index (χ0n) is 19.4. The summed E-state index contributed by atoms with van der Waals surface area (Å²) in [5.41, 5.74) is 0.735. The van der Waals surface area contributed by atoms with Crippen LogP contribution in [0.4, 0.5) is 0 Å². The molecule has 0 aliphatic carbocycles. The summed E-state index contributed by atoms with van der Waals surface area (Å²) in [5, 5.41) is 2.40. The molecule has 1 aliphatic heterocycles. The first-order valence-corrected chi connectivity index (χ1v) is 14.4. The molecule has 2 atom stereocenters. The number of benzene rings is 2. The quantitative estimate of drug-likeness (QED) is 0.217. The molecule has 3 rings (SSSR count). The Hall–Kier alpha value is -1.70. The highest BCUT2D eigenvalue weighted by atomic mass is 127. The summed E-state index contributed by atoms with van der Waals surface area (Å²) in [6, 6.07) is 21.3. The zero-order chi connectivity index (χ0) is 23.2. The van der Waals surface area contributed by atoms with Crippen LogP contribution in [0.5, 0.6) is 0 Å². The van der Waals surface area contributed by atoms with Gasteiger partial charge in [0.05, 0.1) is 6.10 Å². The Morgan fingerprint density at radius 3 is 2.06 bits per heavy atom. The number of rotatable bonds is 9. The number of halogens is 1. The minimum atomic E-state index is -2.69. The Morgan fingerprint density at radius 2 is 1.62 bits per heavy atom. The van der Waals surface area contributed by atoms with Gasteiger partial charge in [0.15, 0.2) is 0 Å². The first-order valence-electron chi connectivity index (χ1n) is 11.2. The van der Waals surface area contributed by atoms with Crippen molar-refractivity contribution < 1.29 is 14.0 Å². The summed E-state index contributed by atoms with van der Waals surface area (Å²) in [6.45, 7) is 8.76. The Balaban J connectivity index is 2.09. The molecule has 0 radical (unpaired) electrons. The third-order valence-electron chi connectivity index (χ3n) is 5.94. The predicted molar refractivity (Wildman–Crippen MR) is 143 cm³/mol. The number of esters is 1. The molecule has 3 nitrogen and oxygen atoms in total. The first-order chi connectivity index (χ1) is 15.3. The summed E-state index contributed by atoms with van der Waals surface area (Å²) >= 11 is 2.25. The molecule has 32 heavy (non-hydrogen) atoms. The monoisotopic (exact) mass is 560 g/mol. The van der Waals surface area contributed by atoms with Crippen molar-refractivity contribution in [3.05, 3.63) is 82.5 Å². The Morgan fingerprint density at radius 1 is 1.06 bits per heavy atom. The number of cyclic esters (lactones) is 1. The standard InChI is InChI=1S/C27H33IO3Si/c1-21-19-22(26(29)30-21)20-23(13-11-12-18-28)31-32(27(2,3)4,24-14-7-5-8-15-24)25-16-9-6-10-17-25/h5-10,12,14-19,21,23H,11,13,20H2,1-4H3/b18-12+/t21-,23+/m0/s1. The number of allylic oxidation sites excluding steroid dienone is 1. The molecule has 1 aliphatic rings. The molecule has 0 bridgehead atoms. The van der Waals surface area contributed by atoms with E-state index in [9.17, 15) is 4.79 Å². The Kier molecular flexibility index (Phi) is 8.53. The van der Waals surface area contributed by atoms with Gasteiger partial charge in [-0.2, -0.15) is 0 Å². The van der Waals surface area contributed by atoms with Crippen molar-refractivity contribution >= 4 is 47.3 Å². The van der Waals surface area contributed by atoms with Gasteiger partial charge in [0.2, 0.25) is 0 Å². The normalized spacial score (nSPS) is 18.0. The van der Waals surface area contributed by atoms with Gasteiger partial charge in [0, 0.05) is 12.0 Å². The first kappa shape index (κ1) is 24.9. The lowest BCUT2D eigenvalue weighted by atomic mass is 10.0. The van der Waals surface area contributed by atoms with Crippen LogP contribution in [-0.2, 0) is 14.0 Å². The highest BCUT2D eigenvalue weighted by molar-refractivity contribution is 14.1. The lowest BCUT2D eigenvalue weighted by Crippen LogP contribution is -2.67. The third kappa shape index (κ3) is 5.61. The molecule has 0 spiro atoms. The number of carbonyl (C=O) groups is 1. The number of carbonyl (C=O) groups excluding carboxylic acids is 1. The highest BCUT2D eigenvalue weighted by Crippen LogP contribution is 2.39. The van der Waals surface area contributed by atoms with Crippen molar-refractivity contribution in [1.29, 1.82) is 0 Å². The maximum atomic E-state index is 12.4. The second kappa shape index (κ2) is 10.9. The molecule has 5 heteroatoms. The average Bonchev–Trinajstić information content (AvgIpc) is 3.08. The van der Waals surface area contributed by atoms with E-state index in [1.165, 1.54) is 10.4 Å². The third-order valence-corrected chi connectivity index (χ3v) is 11.5. The molecule has 170 valence electrons. The minimum absolute atomic E-state index is 0.0852. The summed E-state index contributed by atoms with van der Waals surface area (Å²) in [4.78, 5) is 12.4. The fourth-order valence-electron chi connectivity index (χ4n) is 4.52. The van der Waals surface area contributed by atoms with Gasteiger partial charge < -0.3 is 9.16 Å². The number of ether oxygens (including phenoxy) is 1. The predicted octanol–water partition coefficient (Wildman–Crippen LogP) is 5.92. The Bertz CT molecular complexity index is 908.